The standard InChI is InChI=1S/C15H13N3O4S2/c1-10-5-6-13(23-10)15(20)17-9-14(19)18-24(21,22)12-4-2-3-11(7-12)8-16/h2-7H,9H2,1H3,(H,17,20)(H,18,19). The van der Waals surface area contributed by atoms with Gasteiger partial charge < -0.3 is 5.32 Å². The smallest absolute Gasteiger partial charge is 0.264 e. The van der Waals surface area contributed by atoms with Gasteiger partial charge in [-0.2, -0.15) is 5.26 Å². The average Bonchev–Trinajstić information content (AvgIpc) is 2.99. The summed E-state index contributed by atoms with van der Waals surface area (Å²) in [5.74, 6) is -1.33. The molecule has 2 amide bonds. The summed E-state index contributed by atoms with van der Waals surface area (Å²) in [7, 11) is -4.10. The molecule has 24 heavy (non-hydrogen) atoms. The Labute approximate surface area is 143 Å². The van der Waals surface area contributed by atoms with Crippen LogP contribution in [0.15, 0.2) is 41.3 Å². The zero-order valence-corrected chi connectivity index (χ0v) is 14.2. The topological polar surface area (TPSA) is 116 Å². The lowest BCUT2D eigenvalue weighted by molar-refractivity contribution is -0.118. The van der Waals surface area contributed by atoms with E-state index in [0.717, 1.165) is 10.9 Å². The third kappa shape index (κ3) is 4.41. The van der Waals surface area contributed by atoms with Crippen LogP contribution in [-0.4, -0.2) is 26.8 Å². The van der Waals surface area contributed by atoms with Crippen LogP contribution in [0.5, 0.6) is 0 Å². The quantitative estimate of drug-likeness (QED) is 0.827. The lowest BCUT2D eigenvalue weighted by atomic mass is 10.2. The predicted octanol–water partition coefficient (Wildman–Crippen LogP) is 1.16. The van der Waals surface area contributed by atoms with Crippen molar-refractivity contribution in [1.82, 2.24) is 10.0 Å². The Morgan fingerprint density at radius 3 is 2.62 bits per heavy atom. The Bertz CT molecular complexity index is 926. The second kappa shape index (κ2) is 7.25. The molecule has 0 unspecified atom stereocenters. The van der Waals surface area contributed by atoms with Crippen LogP contribution in [-0.2, 0) is 14.8 Å². The van der Waals surface area contributed by atoms with Crippen molar-refractivity contribution >= 4 is 33.2 Å². The number of hydrogen-bond donors (Lipinski definition) is 2. The molecule has 0 aliphatic carbocycles. The third-order valence-corrected chi connectivity index (χ3v) is 5.27. The lowest BCUT2D eigenvalue weighted by Gasteiger charge is -2.08. The molecule has 1 aromatic carbocycles. The SMILES string of the molecule is Cc1ccc(C(=O)NCC(=O)NS(=O)(=O)c2cccc(C#N)c2)s1. The third-order valence-electron chi connectivity index (χ3n) is 2.90. The maximum Gasteiger partial charge on any atom is 0.264 e. The van der Waals surface area contributed by atoms with E-state index in [1.54, 1.807) is 12.1 Å². The van der Waals surface area contributed by atoms with Crippen LogP contribution in [0.2, 0.25) is 0 Å². The summed E-state index contributed by atoms with van der Waals surface area (Å²) in [6, 6.07) is 10.5. The van der Waals surface area contributed by atoms with Crippen LogP contribution < -0.4 is 10.0 Å². The van der Waals surface area contributed by atoms with Crippen molar-refractivity contribution < 1.29 is 18.0 Å². The van der Waals surface area contributed by atoms with Crippen molar-refractivity contribution in [3.05, 3.63) is 51.7 Å². The van der Waals surface area contributed by atoms with Crippen LogP contribution in [0.25, 0.3) is 0 Å². The number of aryl methyl sites for hydroxylation is 1. The normalized spacial score (nSPS) is 10.7. The summed E-state index contributed by atoms with van der Waals surface area (Å²) in [5.41, 5.74) is 0.159. The van der Waals surface area contributed by atoms with Crippen LogP contribution in [0.1, 0.15) is 20.1 Å². The molecule has 0 spiro atoms. The van der Waals surface area contributed by atoms with Crippen LogP contribution >= 0.6 is 11.3 Å². The van der Waals surface area contributed by atoms with Crippen molar-refractivity contribution in [3.8, 4) is 6.07 Å². The molecule has 0 aliphatic heterocycles. The van der Waals surface area contributed by atoms with Gasteiger partial charge in [-0.1, -0.05) is 6.07 Å². The molecule has 2 rings (SSSR count). The minimum absolute atomic E-state index is 0.159. The highest BCUT2D eigenvalue weighted by molar-refractivity contribution is 7.90. The molecule has 124 valence electrons. The van der Waals surface area contributed by atoms with E-state index >= 15 is 0 Å². The number of thiophene rings is 1. The fraction of sp³-hybridized carbons (Fsp3) is 0.133. The van der Waals surface area contributed by atoms with Crippen molar-refractivity contribution in [3.63, 3.8) is 0 Å². The van der Waals surface area contributed by atoms with Gasteiger partial charge in [0.15, 0.2) is 0 Å². The van der Waals surface area contributed by atoms with E-state index in [0.29, 0.717) is 4.88 Å². The van der Waals surface area contributed by atoms with Crippen LogP contribution in [0.4, 0.5) is 0 Å². The van der Waals surface area contributed by atoms with Crippen molar-refractivity contribution in [2.45, 2.75) is 11.8 Å². The summed E-state index contributed by atoms with van der Waals surface area (Å²) >= 11 is 1.27. The van der Waals surface area contributed by atoms with E-state index in [1.165, 1.54) is 29.5 Å². The van der Waals surface area contributed by atoms with Crippen LogP contribution in [0.3, 0.4) is 0 Å². The monoisotopic (exact) mass is 363 g/mol. The van der Waals surface area contributed by atoms with E-state index in [-0.39, 0.29) is 10.5 Å². The molecule has 0 bridgehead atoms. The van der Waals surface area contributed by atoms with Gasteiger partial charge in [0.25, 0.3) is 21.8 Å². The van der Waals surface area contributed by atoms with Crippen molar-refractivity contribution in [2.75, 3.05) is 6.54 Å². The number of nitriles is 1. The molecule has 0 aliphatic rings. The molecule has 7 nitrogen and oxygen atoms in total. The highest BCUT2D eigenvalue weighted by Crippen LogP contribution is 2.14. The molecular formula is C15H13N3O4S2. The number of rotatable bonds is 5. The Morgan fingerprint density at radius 2 is 2.00 bits per heavy atom. The first-order chi connectivity index (χ1) is 11.3. The fourth-order valence-corrected chi connectivity index (χ4v) is 3.60. The highest BCUT2D eigenvalue weighted by Gasteiger charge is 2.18. The number of benzene rings is 1. The van der Waals surface area contributed by atoms with Gasteiger partial charge in [-0.3, -0.25) is 9.59 Å². The Kier molecular flexibility index (Phi) is 5.33. The molecule has 2 aromatic rings. The Morgan fingerprint density at radius 1 is 1.25 bits per heavy atom. The molecule has 1 aromatic heterocycles. The summed E-state index contributed by atoms with van der Waals surface area (Å²) < 4.78 is 26.0. The summed E-state index contributed by atoms with van der Waals surface area (Å²) in [6.07, 6.45) is 0. The van der Waals surface area contributed by atoms with E-state index in [4.69, 9.17) is 5.26 Å². The summed E-state index contributed by atoms with van der Waals surface area (Å²) in [4.78, 5) is 24.8. The second-order valence-electron chi connectivity index (χ2n) is 4.76. The maximum atomic E-state index is 12.1. The zero-order chi connectivity index (χ0) is 17.7. The molecule has 0 radical (unpaired) electrons. The molecule has 0 saturated heterocycles. The van der Waals surface area contributed by atoms with Gasteiger partial charge in [0, 0.05) is 4.88 Å². The number of nitrogens with zero attached hydrogens (tertiary/aromatic N) is 1. The zero-order valence-electron chi connectivity index (χ0n) is 12.6. The number of carbonyl (C=O) groups excluding carboxylic acids is 2. The van der Waals surface area contributed by atoms with E-state index in [1.807, 2.05) is 17.7 Å². The minimum Gasteiger partial charge on any atom is -0.342 e. The lowest BCUT2D eigenvalue weighted by Crippen LogP contribution is -2.39. The first kappa shape index (κ1) is 17.7. The van der Waals surface area contributed by atoms with Gasteiger partial charge in [-0.25, -0.2) is 13.1 Å². The fourth-order valence-electron chi connectivity index (χ4n) is 1.78. The first-order valence-corrected chi connectivity index (χ1v) is 9.02. The molecule has 2 N–H and O–H groups in total. The van der Waals surface area contributed by atoms with Gasteiger partial charge >= 0.3 is 0 Å². The Balaban J connectivity index is 1.98. The molecule has 1 heterocycles. The first-order valence-electron chi connectivity index (χ1n) is 6.72. The molecule has 0 atom stereocenters. The van der Waals surface area contributed by atoms with Gasteiger partial charge in [0.1, 0.15) is 0 Å². The number of hydrogen-bond acceptors (Lipinski definition) is 6. The van der Waals surface area contributed by atoms with Crippen molar-refractivity contribution in [1.29, 1.82) is 5.26 Å². The second-order valence-corrected chi connectivity index (χ2v) is 7.73. The minimum atomic E-state index is -4.10. The maximum absolute atomic E-state index is 12.1. The van der Waals surface area contributed by atoms with E-state index in [2.05, 4.69) is 5.32 Å². The average molecular weight is 363 g/mol. The van der Waals surface area contributed by atoms with Crippen molar-refractivity contribution in [2.24, 2.45) is 0 Å². The summed E-state index contributed by atoms with van der Waals surface area (Å²) in [6.45, 7) is 1.36. The van der Waals surface area contributed by atoms with Crippen LogP contribution in [0, 0.1) is 18.3 Å². The Hall–Kier alpha value is -2.70. The number of nitrogens with one attached hydrogen (secondary N) is 2. The van der Waals surface area contributed by atoms with Gasteiger partial charge in [0.05, 0.1) is 28.0 Å². The largest absolute Gasteiger partial charge is 0.342 e. The van der Waals surface area contributed by atoms with Gasteiger partial charge in [-0.15, -0.1) is 11.3 Å². The molecule has 9 heteroatoms. The molecule has 0 fully saturated rings. The number of amides is 2. The molecular weight excluding hydrogens is 350 g/mol. The van der Waals surface area contributed by atoms with Gasteiger partial charge in [0.2, 0.25) is 0 Å². The predicted molar refractivity (Wildman–Crippen MR) is 87.9 cm³/mol. The summed E-state index contributed by atoms with van der Waals surface area (Å²) in [5, 5.41) is 11.1. The number of sulfonamides is 1. The van der Waals surface area contributed by atoms with E-state index < -0.39 is 28.4 Å². The van der Waals surface area contributed by atoms with Gasteiger partial charge in [-0.05, 0) is 37.3 Å². The highest BCUT2D eigenvalue weighted by atomic mass is 32.2. The van der Waals surface area contributed by atoms with E-state index in [9.17, 15) is 18.0 Å². The molecule has 0 saturated carbocycles. The number of carbonyl (C=O) groups is 2.